The first kappa shape index (κ1) is 11.8. The summed E-state index contributed by atoms with van der Waals surface area (Å²) in [6, 6.07) is 9.15. The van der Waals surface area contributed by atoms with Gasteiger partial charge >= 0.3 is 0 Å². The Morgan fingerprint density at radius 1 is 1.38 bits per heavy atom. The van der Waals surface area contributed by atoms with Crippen LogP contribution in [0.3, 0.4) is 0 Å². The van der Waals surface area contributed by atoms with Crippen molar-refractivity contribution in [1.29, 1.82) is 0 Å². The predicted molar refractivity (Wildman–Crippen MR) is 69.2 cm³/mol. The van der Waals surface area contributed by atoms with Gasteiger partial charge in [0.05, 0.1) is 0 Å². The van der Waals surface area contributed by atoms with E-state index in [-0.39, 0.29) is 5.25 Å². The second kappa shape index (κ2) is 5.11. The zero-order valence-electron chi connectivity index (χ0n) is 9.90. The molecule has 0 heterocycles. The molecule has 1 aromatic rings. The Hall–Kier alpha value is -0.670. The molecule has 0 amide bonds. The largest absolute Gasteiger partial charge is 0.312 e. The lowest BCUT2D eigenvalue weighted by molar-refractivity contribution is 0.531. The highest BCUT2D eigenvalue weighted by atomic mass is 32.2. The molecule has 88 valence electrons. The van der Waals surface area contributed by atoms with Crippen molar-refractivity contribution < 1.29 is 4.21 Å². The fourth-order valence-corrected chi connectivity index (χ4v) is 2.48. The van der Waals surface area contributed by atoms with Gasteiger partial charge < -0.3 is 5.32 Å². The third-order valence-electron chi connectivity index (χ3n) is 3.31. The first-order chi connectivity index (χ1) is 7.66. The number of nitrogens with one attached hydrogen (secondary N) is 1. The molecule has 0 spiro atoms. The van der Waals surface area contributed by atoms with Gasteiger partial charge in [0.25, 0.3) is 0 Å². The van der Waals surface area contributed by atoms with E-state index < -0.39 is 10.8 Å². The Morgan fingerprint density at radius 3 is 2.44 bits per heavy atom. The van der Waals surface area contributed by atoms with Gasteiger partial charge in [0.2, 0.25) is 0 Å². The highest BCUT2D eigenvalue weighted by molar-refractivity contribution is 7.84. The second-order valence-corrected chi connectivity index (χ2v) is 6.39. The molecule has 0 saturated carbocycles. The number of benzene rings is 1. The molecule has 0 saturated heterocycles. The number of fused-ring (bicyclic) bond motifs is 1. The van der Waals surface area contributed by atoms with E-state index in [4.69, 9.17) is 0 Å². The molecule has 2 nitrogen and oxygen atoms in total. The van der Waals surface area contributed by atoms with E-state index in [0.717, 1.165) is 19.4 Å². The maximum absolute atomic E-state index is 11.2. The molecular weight excluding hydrogens is 218 g/mol. The molecule has 1 N–H and O–H groups in total. The average molecular weight is 237 g/mol. The van der Waals surface area contributed by atoms with Gasteiger partial charge in [-0.25, -0.2) is 0 Å². The van der Waals surface area contributed by atoms with Crippen molar-refractivity contribution in [2.75, 3.05) is 12.8 Å². The van der Waals surface area contributed by atoms with Crippen LogP contribution >= 0.6 is 0 Å². The van der Waals surface area contributed by atoms with Gasteiger partial charge in [0.1, 0.15) is 0 Å². The van der Waals surface area contributed by atoms with Gasteiger partial charge in [-0.1, -0.05) is 24.3 Å². The maximum atomic E-state index is 11.2. The van der Waals surface area contributed by atoms with Gasteiger partial charge in [0, 0.05) is 34.9 Å². The minimum atomic E-state index is -0.723. The summed E-state index contributed by atoms with van der Waals surface area (Å²) >= 11 is 0. The highest BCUT2D eigenvalue weighted by Crippen LogP contribution is 2.21. The second-order valence-electron chi connectivity index (χ2n) is 4.59. The first-order valence-electron chi connectivity index (χ1n) is 5.79. The van der Waals surface area contributed by atoms with Crippen molar-refractivity contribution in [1.82, 2.24) is 5.32 Å². The summed E-state index contributed by atoms with van der Waals surface area (Å²) in [5.41, 5.74) is 2.93. The van der Waals surface area contributed by atoms with Crippen LogP contribution in [-0.2, 0) is 23.6 Å². The Kier molecular flexibility index (Phi) is 3.77. The highest BCUT2D eigenvalue weighted by Gasteiger charge is 2.20. The Labute approximate surface area is 99.9 Å². The predicted octanol–water partition coefficient (Wildman–Crippen LogP) is 1.51. The van der Waals surface area contributed by atoms with E-state index >= 15 is 0 Å². The summed E-state index contributed by atoms with van der Waals surface area (Å²) in [5.74, 6) is 0. The van der Waals surface area contributed by atoms with Gasteiger partial charge in [-0.15, -0.1) is 0 Å². The number of hydrogen-bond donors (Lipinski definition) is 1. The molecule has 1 aromatic carbocycles. The van der Waals surface area contributed by atoms with Gasteiger partial charge in [0.15, 0.2) is 0 Å². The molecule has 0 fully saturated rings. The van der Waals surface area contributed by atoms with Gasteiger partial charge in [-0.2, -0.15) is 0 Å². The van der Waals surface area contributed by atoms with Crippen LogP contribution in [0.1, 0.15) is 18.1 Å². The average Bonchev–Trinajstić information content (AvgIpc) is 2.68. The summed E-state index contributed by atoms with van der Waals surface area (Å²) in [6.07, 6.45) is 3.99. The van der Waals surface area contributed by atoms with Crippen LogP contribution in [-0.4, -0.2) is 28.3 Å². The van der Waals surface area contributed by atoms with Gasteiger partial charge in [-0.3, -0.25) is 4.21 Å². The molecule has 3 heteroatoms. The van der Waals surface area contributed by atoms with Crippen molar-refractivity contribution in [3.63, 3.8) is 0 Å². The van der Waals surface area contributed by atoms with E-state index in [1.165, 1.54) is 11.1 Å². The molecular formula is C13H19NOS. The molecule has 1 aliphatic carbocycles. The lowest BCUT2D eigenvalue weighted by atomic mass is 10.1. The van der Waals surface area contributed by atoms with E-state index in [0.29, 0.717) is 6.04 Å². The molecule has 2 unspecified atom stereocenters. The molecule has 2 rings (SSSR count). The number of rotatable bonds is 4. The van der Waals surface area contributed by atoms with Crippen LogP contribution in [0.5, 0.6) is 0 Å². The lowest BCUT2D eigenvalue weighted by Crippen LogP contribution is -2.36. The smallest absolute Gasteiger partial charge is 0.0441 e. The zero-order chi connectivity index (χ0) is 11.5. The molecule has 1 aliphatic rings. The van der Waals surface area contributed by atoms with Crippen LogP contribution in [0.15, 0.2) is 24.3 Å². The maximum Gasteiger partial charge on any atom is 0.0441 e. The SMILES string of the molecule is CC(CNC1Cc2ccccc2C1)S(C)=O. The first-order valence-corrected chi connectivity index (χ1v) is 7.41. The molecule has 16 heavy (non-hydrogen) atoms. The van der Waals surface area contributed by atoms with E-state index in [2.05, 4.69) is 29.6 Å². The van der Waals surface area contributed by atoms with E-state index in [9.17, 15) is 4.21 Å². The fourth-order valence-electron chi connectivity index (χ4n) is 2.15. The van der Waals surface area contributed by atoms with Crippen molar-refractivity contribution in [3.8, 4) is 0 Å². The van der Waals surface area contributed by atoms with Crippen LogP contribution < -0.4 is 5.32 Å². The quantitative estimate of drug-likeness (QED) is 0.860. The summed E-state index contributed by atoms with van der Waals surface area (Å²) in [4.78, 5) is 0. The molecule has 0 radical (unpaired) electrons. The third kappa shape index (κ3) is 2.71. The topological polar surface area (TPSA) is 29.1 Å². The molecule has 0 aliphatic heterocycles. The van der Waals surface area contributed by atoms with Crippen molar-refractivity contribution in [3.05, 3.63) is 35.4 Å². The normalized spacial score (nSPS) is 19.4. The molecule has 2 atom stereocenters. The lowest BCUT2D eigenvalue weighted by Gasteiger charge is -2.15. The zero-order valence-corrected chi connectivity index (χ0v) is 10.7. The minimum Gasteiger partial charge on any atom is -0.312 e. The fraction of sp³-hybridized carbons (Fsp3) is 0.538. The van der Waals surface area contributed by atoms with Crippen LogP contribution in [0.25, 0.3) is 0 Å². The monoisotopic (exact) mass is 237 g/mol. The van der Waals surface area contributed by atoms with E-state index in [1.54, 1.807) is 6.26 Å². The minimum absolute atomic E-state index is 0.240. The summed E-state index contributed by atoms with van der Waals surface area (Å²) in [6.45, 7) is 2.88. The Bertz CT molecular complexity index is 366. The summed E-state index contributed by atoms with van der Waals surface area (Å²) in [5, 5.41) is 3.76. The van der Waals surface area contributed by atoms with Crippen LogP contribution in [0.2, 0.25) is 0 Å². The van der Waals surface area contributed by atoms with Crippen LogP contribution in [0.4, 0.5) is 0 Å². The molecule has 0 bridgehead atoms. The Balaban J connectivity index is 1.86. The van der Waals surface area contributed by atoms with Crippen molar-refractivity contribution >= 4 is 10.8 Å². The molecule has 0 aromatic heterocycles. The summed E-state index contributed by atoms with van der Waals surface area (Å²) in [7, 11) is -0.723. The number of hydrogen-bond acceptors (Lipinski definition) is 2. The van der Waals surface area contributed by atoms with Crippen LogP contribution in [0, 0.1) is 0 Å². The summed E-state index contributed by atoms with van der Waals surface area (Å²) < 4.78 is 11.2. The standard InChI is InChI=1S/C13H19NOS/c1-10(16(2)15)9-14-13-7-11-5-3-4-6-12(11)8-13/h3-6,10,13-14H,7-9H2,1-2H3. The van der Waals surface area contributed by atoms with Crippen molar-refractivity contribution in [2.24, 2.45) is 0 Å². The third-order valence-corrected chi connectivity index (χ3v) is 4.61. The van der Waals surface area contributed by atoms with Gasteiger partial charge in [-0.05, 0) is 30.9 Å². The van der Waals surface area contributed by atoms with Crippen molar-refractivity contribution in [2.45, 2.75) is 31.1 Å². The Morgan fingerprint density at radius 2 is 1.94 bits per heavy atom. The van der Waals surface area contributed by atoms with E-state index in [1.807, 2.05) is 6.92 Å².